The largest absolute Gasteiger partial charge is 0.316 e. The Morgan fingerprint density at radius 2 is 2.23 bits per heavy atom. The lowest BCUT2D eigenvalue weighted by Crippen LogP contribution is -2.06. The van der Waals surface area contributed by atoms with Gasteiger partial charge in [0.25, 0.3) is 0 Å². The molecule has 0 heterocycles. The molecular weight excluding hydrogens is 169 g/mol. The molecule has 1 saturated carbocycles. The molecule has 2 nitrogen and oxygen atoms in total. The highest BCUT2D eigenvalue weighted by Crippen LogP contribution is 2.41. The molecule has 0 saturated heterocycles. The summed E-state index contributed by atoms with van der Waals surface area (Å²) in [6.45, 7) is 0.294. The first-order valence-corrected chi connectivity index (χ1v) is 4.46. The van der Waals surface area contributed by atoms with Gasteiger partial charge in [-0.1, -0.05) is 12.1 Å². The van der Waals surface area contributed by atoms with Gasteiger partial charge in [0, 0.05) is 6.54 Å². The maximum absolute atomic E-state index is 13.4. The van der Waals surface area contributed by atoms with Crippen molar-refractivity contribution in [2.45, 2.75) is 25.3 Å². The first kappa shape index (κ1) is 8.66. The van der Waals surface area contributed by atoms with Crippen LogP contribution in [0.5, 0.6) is 0 Å². The maximum atomic E-state index is 13.4. The number of halogens is 1. The summed E-state index contributed by atoms with van der Waals surface area (Å²) in [6.07, 6.45) is 2.21. The average molecular weight is 181 g/mol. The molecule has 1 fully saturated rings. The van der Waals surface area contributed by atoms with E-state index in [9.17, 15) is 4.39 Å². The highest BCUT2D eigenvalue weighted by Gasteiger charge is 2.26. The zero-order valence-electron chi connectivity index (χ0n) is 7.26. The van der Waals surface area contributed by atoms with Crippen molar-refractivity contribution < 1.29 is 9.60 Å². The lowest BCUT2D eigenvalue weighted by atomic mass is 10.1. The van der Waals surface area contributed by atoms with E-state index < -0.39 is 0 Å². The number of hydrogen-bond donors (Lipinski definition) is 2. The predicted octanol–water partition coefficient (Wildman–Crippen LogP) is 2.18. The van der Waals surface area contributed by atoms with Gasteiger partial charge in [-0.2, -0.15) is 0 Å². The molecule has 0 aromatic heterocycles. The molecule has 3 heteroatoms. The number of hydroxylamine groups is 1. The normalized spacial score (nSPS) is 16.2. The first-order chi connectivity index (χ1) is 6.31. The second-order valence-electron chi connectivity index (χ2n) is 3.47. The van der Waals surface area contributed by atoms with Crippen molar-refractivity contribution in [3.63, 3.8) is 0 Å². The SMILES string of the molecule is ONCc1ccc(C2CC2)c(F)c1. The van der Waals surface area contributed by atoms with Crippen LogP contribution in [-0.4, -0.2) is 5.21 Å². The summed E-state index contributed by atoms with van der Waals surface area (Å²) in [4.78, 5) is 0. The van der Waals surface area contributed by atoms with Gasteiger partial charge in [0.2, 0.25) is 0 Å². The van der Waals surface area contributed by atoms with E-state index in [4.69, 9.17) is 5.21 Å². The highest BCUT2D eigenvalue weighted by atomic mass is 19.1. The third kappa shape index (κ3) is 1.87. The monoisotopic (exact) mass is 181 g/mol. The van der Waals surface area contributed by atoms with Gasteiger partial charge in [-0.05, 0) is 36.0 Å². The van der Waals surface area contributed by atoms with Crippen molar-refractivity contribution in [3.8, 4) is 0 Å². The summed E-state index contributed by atoms with van der Waals surface area (Å²) in [7, 11) is 0. The molecule has 0 aliphatic heterocycles. The molecule has 1 aromatic rings. The Kier molecular flexibility index (Phi) is 2.29. The second-order valence-corrected chi connectivity index (χ2v) is 3.47. The summed E-state index contributed by atoms with van der Waals surface area (Å²) < 4.78 is 13.4. The minimum atomic E-state index is -0.143. The third-order valence-corrected chi connectivity index (χ3v) is 2.37. The molecule has 0 spiro atoms. The van der Waals surface area contributed by atoms with Crippen LogP contribution in [0.25, 0.3) is 0 Å². The second kappa shape index (κ2) is 3.44. The summed E-state index contributed by atoms with van der Waals surface area (Å²) in [5.74, 6) is 0.298. The van der Waals surface area contributed by atoms with E-state index in [2.05, 4.69) is 0 Å². The molecule has 2 N–H and O–H groups in total. The molecule has 0 unspecified atom stereocenters. The molecule has 1 aromatic carbocycles. The van der Waals surface area contributed by atoms with E-state index in [1.807, 2.05) is 17.6 Å². The molecule has 2 rings (SSSR count). The zero-order valence-corrected chi connectivity index (χ0v) is 7.26. The maximum Gasteiger partial charge on any atom is 0.127 e. The smallest absolute Gasteiger partial charge is 0.127 e. The van der Waals surface area contributed by atoms with Crippen LogP contribution in [0.2, 0.25) is 0 Å². The van der Waals surface area contributed by atoms with Crippen LogP contribution >= 0.6 is 0 Å². The van der Waals surface area contributed by atoms with Gasteiger partial charge in [0.1, 0.15) is 5.82 Å². The summed E-state index contributed by atoms with van der Waals surface area (Å²) in [5, 5.41) is 8.43. The number of hydrogen-bond acceptors (Lipinski definition) is 2. The standard InChI is InChI=1S/C10H12FNO/c11-10-5-7(6-12-13)1-4-9(10)8-2-3-8/h1,4-5,8,12-13H,2-3,6H2. The predicted molar refractivity (Wildman–Crippen MR) is 47.0 cm³/mol. The van der Waals surface area contributed by atoms with Gasteiger partial charge in [0.05, 0.1) is 0 Å². The van der Waals surface area contributed by atoms with Crippen LogP contribution in [0.15, 0.2) is 18.2 Å². The molecule has 1 aliphatic rings. The van der Waals surface area contributed by atoms with Crippen LogP contribution in [0.3, 0.4) is 0 Å². The van der Waals surface area contributed by atoms with Gasteiger partial charge < -0.3 is 5.21 Å². The fourth-order valence-electron chi connectivity index (χ4n) is 1.50. The Hall–Kier alpha value is -0.930. The molecule has 70 valence electrons. The van der Waals surface area contributed by atoms with Crippen molar-refractivity contribution >= 4 is 0 Å². The van der Waals surface area contributed by atoms with Crippen LogP contribution < -0.4 is 5.48 Å². The molecule has 0 radical (unpaired) electrons. The van der Waals surface area contributed by atoms with E-state index in [1.165, 1.54) is 6.07 Å². The fraction of sp³-hybridized carbons (Fsp3) is 0.400. The topological polar surface area (TPSA) is 32.3 Å². The van der Waals surface area contributed by atoms with E-state index in [0.29, 0.717) is 12.5 Å². The Morgan fingerprint density at radius 3 is 2.77 bits per heavy atom. The quantitative estimate of drug-likeness (QED) is 0.700. The molecule has 1 aliphatic carbocycles. The summed E-state index contributed by atoms with van der Waals surface area (Å²) >= 11 is 0. The van der Waals surface area contributed by atoms with Crippen molar-refractivity contribution in [1.82, 2.24) is 5.48 Å². The lowest BCUT2D eigenvalue weighted by molar-refractivity contribution is 0.161. The van der Waals surface area contributed by atoms with E-state index in [-0.39, 0.29) is 5.82 Å². The molecule has 0 amide bonds. The summed E-state index contributed by atoms with van der Waals surface area (Å²) in [6, 6.07) is 5.15. The lowest BCUT2D eigenvalue weighted by Gasteiger charge is -2.03. The Labute approximate surface area is 76.3 Å². The van der Waals surface area contributed by atoms with Crippen LogP contribution in [-0.2, 0) is 6.54 Å². The number of benzene rings is 1. The summed E-state index contributed by atoms with van der Waals surface area (Å²) in [5.41, 5.74) is 3.60. The minimum absolute atomic E-state index is 0.143. The van der Waals surface area contributed by atoms with Crippen LogP contribution in [0, 0.1) is 5.82 Å². The Balaban J connectivity index is 2.21. The van der Waals surface area contributed by atoms with E-state index in [0.717, 1.165) is 24.0 Å². The van der Waals surface area contributed by atoms with Crippen LogP contribution in [0.1, 0.15) is 29.9 Å². The van der Waals surface area contributed by atoms with E-state index >= 15 is 0 Å². The van der Waals surface area contributed by atoms with Gasteiger partial charge in [-0.3, -0.25) is 0 Å². The van der Waals surface area contributed by atoms with Crippen molar-refractivity contribution in [3.05, 3.63) is 35.1 Å². The average Bonchev–Trinajstić information content (AvgIpc) is 2.88. The van der Waals surface area contributed by atoms with Crippen molar-refractivity contribution in [2.24, 2.45) is 0 Å². The van der Waals surface area contributed by atoms with Crippen molar-refractivity contribution in [2.75, 3.05) is 0 Å². The minimum Gasteiger partial charge on any atom is -0.316 e. The first-order valence-electron chi connectivity index (χ1n) is 4.46. The van der Waals surface area contributed by atoms with Gasteiger partial charge in [0.15, 0.2) is 0 Å². The number of nitrogens with one attached hydrogen (secondary N) is 1. The molecule has 0 bridgehead atoms. The van der Waals surface area contributed by atoms with Gasteiger partial charge in [-0.15, -0.1) is 0 Å². The fourth-order valence-corrected chi connectivity index (χ4v) is 1.50. The molecule has 13 heavy (non-hydrogen) atoms. The van der Waals surface area contributed by atoms with Crippen LogP contribution in [0.4, 0.5) is 4.39 Å². The number of rotatable bonds is 3. The zero-order chi connectivity index (χ0) is 9.26. The van der Waals surface area contributed by atoms with Gasteiger partial charge in [-0.25, -0.2) is 9.87 Å². The third-order valence-electron chi connectivity index (χ3n) is 2.37. The highest BCUT2D eigenvalue weighted by molar-refractivity contribution is 5.29. The molecular formula is C10H12FNO. The Bertz CT molecular complexity index is 310. The van der Waals surface area contributed by atoms with E-state index in [1.54, 1.807) is 0 Å². The Morgan fingerprint density at radius 1 is 1.46 bits per heavy atom. The van der Waals surface area contributed by atoms with Gasteiger partial charge >= 0.3 is 0 Å². The van der Waals surface area contributed by atoms with Crippen molar-refractivity contribution in [1.29, 1.82) is 0 Å². The molecule has 0 atom stereocenters.